The number of benzene rings is 1. The first-order chi connectivity index (χ1) is 12.4. The summed E-state index contributed by atoms with van der Waals surface area (Å²) in [6.07, 6.45) is 3.58. The van der Waals surface area contributed by atoms with Gasteiger partial charge >= 0.3 is 5.97 Å². The second-order valence-electron chi connectivity index (χ2n) is 6.76. The van der Waals surface area contributed by atoms with Crippen LogP contribution in [0.5, 0.6) is 0 Å². The Balaban J connectivity index is 1.82. The fraction of sp³-hybridized carbons (Fsp3) is 0.579. The first kappa shape index (κ1) is 21.0. The molecule has 2 rings (SSSR count). The van der Waals surface area contributed by atoms with Crippen LogP contribution in [0.15, 0.2) is 18.2 Å². The highest BCUT2D eigenvalue weighted by atomic mass is 35.5. The van der Waals surface area contributed by atoms with E-state index in [0.29, 0.717) is 29.4 Å². The van der Waals surface area contributed by atoms with Crippen LogP contribution >= 0.6 is 23.2 Å². The van der Waals surface area contributed by atoms with Gasteiger partial charge in [0.25, 0.3) is 5.91 Å². The van der Waals surface area contributed by atoms with Gasteiger partial charge in [-0.15, -0.1) is 0 Å². The lowest BCUT2D eigenvalue weighted by molar-refractivity contribution is -0.137. The van der Waals surface area contributed by atoms with E-state index in [1.165, 1.54) is 0 Å². The predicted octanol–water partition coefficient (Wildman–Crippen LogP) is 4.90. The maximum Gasteiger partial charge on any atom is 0.303 e. The fourth-order valence-corrected chi connectivity index (χ4v) is 3.98. The van der Waals surface area contributed by atoms with Gasteiger partial charge in [0.2, 0.25) is 0 Å². The van der Waals surface area contributed by atoms with E-state index in [9.17, 15) is 14.0 Å². The molecule has 1 fully saturated rings. The minimum Gasteiger partial charge on any atom is -0.481 e. The van der Waals surface area contributed by atoms with Gasteiger partial charge in [0.15, 0.2) is 6.17 Å². The van der Waals surface area contributed by atoms with Gasteiger partial charge in [0.1, 0.15) is 0 Å². The average Bonchev–Trinajstić information content (AvgIpc) is 2.82. The van der Waals surface area contributed by atoms with Crippen LogP contribution < -0.4 is 0 Å². The Morgan fingerprint density at radius 1 is 1.15 bits per heavy atom. The number of carboxylic acids is 1. The molecule has 0 saturated carbocycles. The summed E-state index contributed by atoms with van der Waals surface area (Å²) in [7, 11) is 0. The summed E-state index contributed by atoms with van der Waals surface area (Å²) in [5.74, 6) is -1.21. The highest BCUT2D eigenvalue weighted by Gasteiger charge is 2.38. The van der Waals surface area contributed by atoms with Crippen molar-refractivity contribution in [2.24, 2.45) is 0 Å². The first-order valence-corrected chi connectivity index (χ1v) is 9.73. The molecule has 0 aliphatic carbocycles. The summed E-state index contributed by atoms with van der Waals surface area (Å²) in [6, 6.07) is 5.17. The molecule has 1 unspecified atom stereocenters. The molecule has 1 N–H and O–H groups in total. The predicted molar refractivity (Wildman–Crippen MR) is 101 cm³/mol. The monoisotopic (exact) mass is 403 g/mol. The molecule has 1 heterocycles. The molecule has 1 aromatic carbocycles. The molecule has 26 heavy (non-hydrogen) atoms. The third kappa shape index (κ3) is 6.44. The highest BCUT2D eigenvalue weighted by molar-refractivity contribution is 6.34. The van der Waals surface area contributed by atoms with Gasteiger partial charge in [0, 0.05) is 35.5 Å². The number of rotatable bonds is 10. The third-order valence-corrected chi connectivity index (χ3v) is 5.15. The van der Waals surface area contributed by atoms with E-state index >= 15 is 0 Å². The Kier molecular flexibility index (Phi) is 8.16. The lowest BCUT2D eigenvalue weighted by atomic mass is 10.0. The summed E-state index contributed by atoms with van der Waals surface area (Å²) in [4.78, 5) is 24.2. The Morgan fingerprint density at radius 3 is 2.46 bits per heavy atom. The van der Waals surface area contributed by atoms with Crippen molar-refractivity contribution in [2.75, 3.05) is 6.54 Å². The summed E-state index contributed by atoms with van der Waals surface area (Å²) in [5, 5.41) is 9.71. The molecule has 1 aromatic rings. The van der Waals surface area contributed by atoms with E-state index < -0.39 is 18.0 Å². The molecule has 0 spiro atoms. The van der Waals surface area contributed by atoms with Crippen molar-refractivity contribution in [1.29, 1.82) is 0 Å². The van der Waals surface area contributed by atoms with Gasteiger partial charge in [-0.2, -0.15) is 0 Å². The van der Waals surface area contributed by atoms with E-state index in [4.69, 9.17) is 28.3 Å². The van der Waals surface area contributed by atoms with Gasteiger partial charge in [-0.3, -0.25) is 9.59 Å². The van der Waals surface area contributed by atoms with Crippen LogP contribution in [-0.2, 0) is 16.0 Å². The number of hydrogen-bond acceptors (Lipinski definition) is 2. The third-order valence-electron chi connectivity index (χ3n) is 4.71. The summed E-state index contributed by atoms with van der Waals surface area (Å²) in [6.45, 7) is 0.444. The number of nitrogens with zero attached hydrogens (tertiary/aromatic N) is 1. The van der Waals surface area contributed by atoms with Crippen LogP contribution in [0.25, 0.3) is 0 Å². The number of likely N-dealkylation sites (tertiary alicyclic amines) is 1. The molecule has 1 amide bonds. The Bertz CT molecular complexity index is 621. The zero-order chi connectivity index (χ0) is 19.1. The standard InChI is InChI=1S/C19H24Cl2FNO3/c20-14-9-13(10-15(21)11-14)7-8-23-16(12-17(22)19(23)26)5-3-1-2-4-6-18(24)25/h9-11,16-17H,1-8,12H2,(H,24,25)/t16-,17?/m0/s1. The zero-order valence-electron chi connectivity index (χ0n) is 14.6. The Morgan fingerprint density at radius 2 is 1.81 bits per heavy atom. The average molecular weight is 404 g/mol. The zero-order valence-corrected chi connectivity index (χ0v) is 16.1. The number of carbonyl (C=O) groups excluding carboxylic acids is 1. The van der Waals surface area contributed by atoms with Crippen molar-refractivity contribution in [2.45, 2.75) is 63.6 Å². The first-order valence-electron chi connectivity index (χ1n) is 8.98. The number of halogens is 3. The summed E-state index contributed by atoms with van der Waals surface area (Å²) >= 11 is 12.0. The number of alkyl halides is 1. The molecule has 0 aromatic heterocycles. The maximum absolute atomic E-state index is 13.9. The Labute approximate surface area is 163 Å². The second-order valence-corrected chi connectivity index (χ2v) is 7.64. The number of unbranched alkanes of at least 4 members (excludes halogenated alkanes) is 3. The number of carbonyl (C=O) groups is 2. The van der Waals surface area contributed by atoms with E-state index in [1.54, 1.807) is 23.1 Å². The molecule has 0 radical (unpaired) electrons. The molecule has 0 bridgehead atoms. The van der Waals surface area contributed by atoms with Crippen LogP contribution in [0.4, 0.5) is 4.39 Å². The highest BCUT2D eigenvalue weighted by Crippen LogP contribution is 2.27. The number of hydrogen-bond donors (Lipinski definition) is 1. The van der Waals surface area contributed by atoms with Gasteiger partial charge in [-0.05, 0) is 43.0 Å². The van der Waals surface area contributed by atoms with Crippen molar-refractivity contribution in [1.82, 2.24) is 4.90 Å². The van der Waals surface area contributed by atoms with E-state index in [1.807, 2.05) is 0 Å². The van der Waals surface area contributed by atoms with Crippen molar-refractivity contribution >= 4 is 35.1 Å². The van der Waals surface area contributed by atoms with E-state index in [0.717, 1.165) is 31.2 Å². The largest absolute Gasteiger partial charge is 0.481 e. The molecule has 1 saturated heterocycles. The summed E-state index contributed by atoms with van der Waals surface area (Å²) < 4.78 is 13.9. The van der Waals surface area contributed by atoms with E-state index in [-0.39, 0.29) is 18.9 Å². The summed E-state index contributed by atoms with van der Waals surface area (Å²) in [5.41, 5.74) is 0.921. The van der Waals surface area contributed by atoms with Gasteiger partial charge in [-0.25, -0.2) is 4.39 Å². The van der Waals surface area contributed by atoms with Crippen molar-refractivity contribution in [3.05, 3.63) is 33.8 Å². The molecule has 1 aliphatic rings. The van der Waals surface area contributed by atoms with Gasteiger partial charge < -0.3 is 10.0 Å². The molecule has 7 heteroatoms. The van der Waals surface area contributed by atoms with Crippen LogP contribution in [-0.4, -0.2) is 40.6 Å². The minimum atomic E-state index is -1.42. The molecular formula is C19H24Cl2FNO3. The normalized spacial score (nSPS) is 20.0. The van der Waals surface area contributed by atoms with Crippen molar-refractivity contribution in [3.63, 3.8) is 0 Å². The van der Waals surface area contributed by atoms with Crippen LogP contribution in [0, 0.1) is 0 Å². The van der Waals surface area contributed by atoms with E-state index in [2.05, 4.69) is 0 Å². The smallest absolute Gasteiger partial charge is 0.303 e. The molecule has 2 atom stereocenters. The van der Waals surface area contributed by atoms with Gasteiger partial charge in [-0.1, -0.05) is 42.5 Å². The van der Waals surface area contributed by atoms with Gasteiger partial charge in [0.05, 0.1) is 0 Å². The number of carboxylic acid groups (broad SMARTS) is 1. The lowest BCUT2D eigenvalue weighted by Crippen LogP contribution is -2.35. The second kappa shape index (κ2) is 10.1. The topological polar surface area (TPSA) is 57.6 Å². The number of amides is 1. The van der Waals surface area contributed by atoms with Crippen LogP contribution in [0.1, 0.15) is 50.5 Å². The molecule has 1 aliphatic heterocycles. The number of aliphatic carboxylic acids is 1. The van der Waals surface area contributed by atoms with Crippen molar-refractivity contribution < 1.29 is 19.1 Å². The Hall–Kier alpha value is -1.33. The fourth-order valence-electron chi connectivity index (χ4n) is 3.41. The minimum absolute atomic E-state index is 0.0911. The quantitative estimate of drug-likeness (QED) is 0.565. The van der Waals surface area contributed by atoms with Crippen LogP contribution in [0.2, 0.25) is 10.0 Å². The van der Waals surface area contributed by atoms with Crippen LogP contribution in [0.3, 0.4) is 0 Å². The molecule has 4 nitrogen and oxygen atoms in total. The molecular weight excluding hydrogens is 380 g/mol. The lowest BCUT2D eigenvalue weighted by Gasteiger charge is -2.24. The SMILES string of the molecule is O=C(O)CCCCCC[C@H]1CC(F)C(=O)N1CCc1cc(Cl)cc(Cl)c1. The maximum atomic E-state index is 13.9. The van der Waals surface area contributed by atoms with Crippen molar-refractivity contribution in [3.8, 4) is 0 Å². The molecule has 144 valence electrons.